The van der Waals surface area contributed by atoms with Gasteiger partial charge in [-0.3, -0.25) is 4.79 Å². The van der Waals surface area contributed by atoms with Crippen LogP contribution in [0.25, 0.3) is 6.08 Å². The highest BCUT2D eigenvalue weighted by Crippen LogP contribution is 2.32. The van der Waals surface area contributed by atoms with Crippen molar-refractivity contribution in [1.82, 2.24) is 0 Å². The summed E-state index contributed by atoms with van der Waals surface area (Å²) in [5.41, 5.74) is 0.642. The zero-order valence-electron chi connectivity index (χ0n) is 16.4. The second-order valence-electron chi connectivity index (χ2n) is 5.78. The van der Waals surface area contributed by atoms with Crippen molar-refractivity contribution in [1.29, 1.82) is 0 Å². The molecule has 0 N–H and O–H groups in total. The fourth-order valence-corrected chi connectivity index (χ4v) is 2.25. The Labute approximate surface area is 178 Å². The maximum Gasteiger partial charge on any atom is 0.335 e. The fraction of sp³-hybridized carbons (Fsp3) is 0. The van der Waals surface area contributed by atoms with Crippen LogP contribution in [0.5, 0.6) is 17.2 Å². The van der Waals surface area contributed by atoms with Crippen molar-refractivity contribution >= 4 is 29.8 Å². The highest BCUT2D eigenvalue weighted by Gasteiger charge is 2.19. The molecule has 0 atom stereocenters. The summed E-state index contributed by atoms with van der Waals surface area (Å²) in [6, 6.07) is 10.6. The minimum absolute atomic E-state index is 0.00246. The van der Waals surface area contributed by atoms with Gasteiger partial charge in [-0.05, 0) is 35.9 Å². The molecular weight excluding hydrogens is 400 g/mol. The van der Waals surface area contributed by atoms with Gasteiger partial charge in [0.05, 0.1) is 5.56 Å². The number of para-hydroxylation sites is 1. The molecule has 0 bridgehead atoms. The molecule has 156 valence electrons. The van der Waals surface area contributed by atoms with E-state index in [0.717, 1.165) is 18.2 Å². The Hall–Kier alpha value is -4.52. The average Bonchev–Trinajstić information content (AvgIpc) is 2.79. The average molecular weight is 418 g/mol. The molecule has 2 aromatic rings. The van der Waals surface area contributed by atoms with Crippen molar-refractivity contribution in [3.8, 4) is 17.2 Å². The number of hydrogen-bond acceptors (Lipinski definition) is 7. The molecule has 0 unspecified atom stereocenters. The summed E-state index contributed by atoms with van der Waals surface area (Å²) in [6.45, 7) is 9.93. The van der Waals surface area contributed by atoms with Crippen molar-refractivity contribution in [3.63, 3.8) is 0 Å². The van der Waals surface area contributed by atoms with Crippen LogP contribution in [0.2, 0.25) is 0 Å². The van der Waals surface area contributed by atoms with Crippen LogP contribution >= 0.6 is 0 Å². The highest BCUT2D eigenvalue weighted by atomic mass is 16.6. The van der Waals surface area contributed by atoms with Crippen molar-refractivity contribution in [2.24, 2.45) is 0 Å². The van der Waals surface area contributed by atoms with Crippen LogP contribution in [0, 0.1) is 0 Å². The van der Waals surface area contributed by atoms with Gasteiger partial charge in [-0.25, -0.2) is 14.4 Å². The number of allylic oxidation sites excluding steroid dienone is 1. The first-order chi connectivity index (χ1) is 14.9. The highest BCUT2D eigenvalue weighted by molar-refractivity contribution is 6.09. The first kappa shape index (κ1) is 22.8. The summed E-state index contributed by atoms with van der Waals surface area (Å²) < 4.78 is 15.2. The molecule has 0 aromatic heterocycles. The second-order valence-corrected chi connectivity index (χ2v) is 5.78. The molecule has 7 nitrogen and oxygen atoms in total. The maximum absolute atomic E-state index is 12.7. The summed E-state index contributed by atoms with van der Waals surface area (Å²) in [7, 11) is 0. The Balaban J connectivity index is 2.29. The largest absolute Gasteiger partial charge is 0.423 e. The van der Waals surface area contributed by atoms with Crippen LogP contribution in [0.1, 0.15) is 15.9 Å². The van der Waals surface area contributed by atoms with E-state index in [-0.39, 0.29) is 17.1 Å². The van der Waals surface area contributed by atoms with E-state index in [1.54, 1.807) is 24.3 Å². The van der Waals surface area contributed by atoms with Crippen molar-refractivity contribution in [3.05, 3.63) is 97.6 Å². The Morgan fingerprint density at radius 2 is 1.29 bits per heavy atom. The lowest BCUT2D eigenvalue weighted by atomic mass is 10.1. The zero-order valence-corrected chi connectivity index (χ0v) is 16.4. The van der Waals surface area contributed by atoms with Gasteiger partial charge in [0.2, 0.25) is 0 Å². The van der Waals surface area contributed by atoms with E-state index in [0.29, 0.717) is 11.3 Å². The van der Waals surface area contributed by atoms with Gasteiger partial charge in [-0.15, -0.1) is 0 Å². The third-order valence-electron chi connectivity index (χ3n) is 3.68. The Kier molecular flexibility index (Phi) is 7.98. The lowest BCUT2D eigenvalue weighted by Crippen LogP contribution is -2.11. The van der Waals surface area contributed by atoms with Crippen LogP contribution in [0.3, 0.4) is 0 Å². The topological polar surface area (TPSA) is 96.0 Å². The number of rotatable bonds is 9. The van der Waals surface area contributed by atoms with Gasteiger partial charge in [0.25, 0.3) is 0 Å². The Morgan fingerprint density at radius 3 is 1.90 bits per heavy atom. The second kappa shape index (κ2) is 10.9. The maximum atomic E-state index is 12.7. The summed E-state index contributed by atoms with van der Waals surface area (Å²) >= 11 is 0. The molecule has 31 heavy (non-hydrogen) atoms. The summed E-state index contributed by atoms with van der Waals surface area (Å²) in [5.74, 6) is -2.72. The number of carbonyl (C=O) groups is 4. The molecule has 0 heterocycles. The van der Waals surface area contributed by atoms with Gasteiger partial charge in [-0.2, -0.15) is 0 Å². The van der Waals surface area contributed by atoms with Crippen LogP contribution in [0.15, 0.2) is 86.5 Å². The van der Waals surface area contributed by atoms with E-state index in [2.05, 4.69) is 19.7 Å². The quantitative estimate of drug-likeness (QED) is 0.264. The third-order valence-corrected chi connectivity index (χ3v) is 3.68. The normalized spacial score (nSPS) is 10.1. The van der Waals surface area contributed by atoms with E-state index in [1.165, 1.54) is 30.4 Å². The molecule has 0 aliphatic heterocycles. The number of ketones is 1. The van der Waals surface area contributed by atoms with Crippen LogP contribution < -0.4 is 14.2 Å². The smallest absolute Gasteiger partial charge is 0.335 e. The van der Waals surface area contributed by atoms with Crippen LogP contribution in [0.4, 0.5) is 0 Å². The molecule has 0 amide bonds. The summed E-state index contributed by atoms with van der Waals surface area (Å²) in [6.07, 6.45) is 5.66. The zero-order chi connectivity index (χ0) is 22.8. The minimum Gasteiger partial charge on any atom is -0.423 e. The molecule has 7 heteroatoms. The fourth-order valence-electron chi connectivity index (χ4n) is 2.25. The molecule has 0 saturated heterocycles. The van der Waals surface area contributed by atoms with E-state index in [1.807, 2.05) is 0 Å². The first-order valence-corrected chi connectivity index (χ1v) is 8.86. The number of esters is 3. The Morgan fingerprint density at radius 1 is 0.710 bits per heavy atom. The predicted molar refractivity (Wildman–Crippen MR) is 114 cm³/mol. The van der Waals surface area contributed by atoms with Gasteiger partial charge < -0.3 is 14.2 Å². The molecule has 0 spiro atoms. The Bertz CT molecular complexity index is 1080. The molecule has 2 rings (SSSR count). The monoisotopic (exact) mass is 418 g/mol. The standard InChI is InChI=1S/C24H18O7/c1-4-21(26)29-17-13-10-16(11-14-17)12-15-19(25)18-8-7-9-20(30-22(27)5-2)24(18)31-23(28)6-3/h4-15H,1-3H2. The number of benzene rings is 2. The molecule has 0 radical (unpaired) electrons. The van der Waals surface area contributed by atoms with Crippen LogP contribution in [-0.2, 0) is 14.4 Å². The predicted octanol–water partition coefficient (Wildman–Crippen LogP) is 3.86. The molecule has 0 fully saturated rings. The third kappa shape index (κ3) is 6.50. The molecular formula is C24H18O7. The summed E-state index contributed by atoms with van der Waals surface area (Å²) in [5, 5.41) is 0. The lowest BCUT2D eigenvalue weighted by molar-refractivity contribution is -0.131. The molecule has 0 saturated carbocycles. The van der Waals surface area contributed by atoms with Crippen molar-refractivity contribution in [2.45, 2.75) is 0 Å². The van der Waals surface area contributed by atoms with Crippen molar-refractivity contribution < 1.29 is 33.4 Å². The lowest BCUT2D eigenvalue weighted by Gasteiger charge is -2.11. The van der Waals surface area contributed by atoms with Crippen LogP contribution in [-0.4, -0.2) is 23.7 Å². The van der Waals surface area contributed by atoms with E-state index < -0.39 is 23.7 Å². The number of ether oxygens (including phenoxy) is 3. The van der Waals surface area contributed by atoms with Crippen molar-refractivity contribution in [2.75, 3.05) is 0 Å². The minimum atomic E-state index is -0.829. The number of hydrogen-bond donors (Lipinski definition) is 0. The van der Waals surface area contributed by atoms with Gasteiger partial charge in [0.15, 0.2) is 17.3 Å². The first-order valence-electron chi connectivity index (χ1n) is 8.86. The molecule has 0 aliphatic rings. The SMILES string of the molecule is C=CC(=O)Oc1ccc(C=CC(=O)c2cccc(OC(=O)C=C)c2OC(=O)C=C)cc1. The van der Waals surface area contributed by atoms with Gasteiger partial charge >= 0.3 is 17.9 Å². The summed E-state index contributed by atoms with van der Waals surface area (Å²) in [4.78, 5) is 47.2. The van der Waals surface area contributed by atoms with E-state index in [4.69, 9.17) is 14.2 Å². The van der Waals surface area contributed by atoms with Gasteiger partial charge in [0.1, 0.15) is 5.75 Å². The van der Waals surface area contributed by atoms with Gasteiger partial charge in [-0.1, -0.05) is 44.0 Å². The van der Waals surface area contributed by atoms with E-state index >= 15 is 0 Å². The van der Waals surface area contributed by atoms with E-state index in [9.17, 15) is 19.2 Å². The number of carbonyl (C=O) groups excluding carboxylic acids is 4. The molecule has 0 aliphatic carbocycles. The van der Waals surface area contributed by atoms with Gasteiger partial charge in [0, 0.05) is 18.2 Å². The molecule has 2 aromatic carbocycles.